The summed E-state index contributed by atoms with van der Waals surface area (Å²) in [4.78, 5) is 12.3. The van der Waals surface area contributed by atoms with E-state index in [9.17, 15) is 4.79 Å². The van der Waals surface area contributed by atoms with E-state index in [1.54, 1.807) is 12.1 Å². The van der Waals surface area contributed by atoms with E-state index in [0.717, 1.165) is 22.5 Å². The van der Waals surface area contributed by atoms with Crippen molar-refractivity contribution in [1.82, 2.24) is 14.8 Å². The molecule has 3 rings (SSSR count). The lowest BCUT2D eigenvalue weighted by Gasteiger charge is -2.10. The molecule has 3 aromatic rings. The second-order valence-electron chi connectivity index (χ2n) is 6.32. The molecule has 5 nitrogen and oxygen atoms in total. The Kier molecular flexibility index (Phi) is 6.54. The van der Waals surface area contributed by atoms with Gasteiger partial charge in [-0.1, -0.05) is 59.8 Å². The van der Waals surface area contributed by atoms with Crippen molar-refractivity contribution >= 4 is 35.0 Å². The van der Waals surface area contributed by atoms with Gasteiger partial charge in [-0.25, -0.2) is 0 Å². The molecule has 0 unspecified atom stereocenters. The molecule has 1 N–H and O–H groups in total. The normalized spacial score (nSPS) is 10.7. The molecule has 1 aromatic heterocycles. The van der Waals surface area contributed by atoms with Crippen molar-refractivity contribution in [3.63, 3.8) is 0 Å². The molecular formula is C21H21ClN4OS. The molecule has 0 radical (unpaired) electrons. The minimum Gasteiger partial charge on any atom is -0.325 e. The summed E-state index contributed by atoms with van der Waals surface area (Å²) in [5, 5.41) is 12.8. The van der Waals surface area contributed by atoms with E-state index in [-0.39, 0.29) is 11.7 Å². The predicted molar refractivity (Wildman–Crippen MR) is 116 cm³/mol. The Morgan fingerprint density at radius 1 is 1.21 bits per heavy atom. The second-order valence-corrected chi connectivity index (χ2v) is 7.67. The molecule has 1 amide bonds. The lowest BCUT2D eigenvalue weighted by molar-refractivity contribution is -0.113. The summed E-state index contributed by atoms with van der Waals surface area (Å²) in [5.41, 5.74) is 3.78. The van der Waals surface area contributed by atoms with Crippen LogP contribution in [0.4, 0.5) is 5.69 Å². The summed E-state index contributed by atoms with van der Waals surface area (Å²) < 4.78 is 1.97. The molecule has 0 aliphatic carbocycles. The van der Waals surface area contributed by atoms with Crippen LogP contribution in [0.3, 0.4) is 0 Å². The topological polar surface area (TPSA) is 59.8 Å². The number of anilines is 1. The number of benzene rings is 2. The summed E-state index contributed by atoms with van der Waals surface area (Å²) in [7, 11) is 0. The van der Waals surface area contributed by atoms with Crippen molar-refractivity contribution < 1.29 is 4.79 Å². The number of hydrogen-bond acceptors (Lipinski definition) is 4. The molecule has 0 aliphatic rings. The van der Waals surface area contributed by atoms with Crippen LogP contribution >= 0.6 is 23.4 Å². The Labute approximate surface area is 173 Å². The SMILES string of the molecule is C=CCn1c(SCC(=O)Nc2ccc(C)c(Cl)c2)nnc1-c1ccccc1C. The van der Waals surface area contributed by atoms with E-state index < -0.39 is 0 Å². The molecule has 0 saturated carbocycles. The lowest BCUT2D eigenvalue weighted by atomic mass is 10.1. The van der Waals surface area contributed by atoms with Crippen LogP contribution in [0.25, 0.3) is 11.4 Å². The first-order valence-electron chi connectivity index (χ1n) is 8.78. The number of carbonyl (C=O) groups is 1. The standard InChI is InChI=1S/C21H21ClN4OS/c1-4-11-26-20(17-8-6-5-7-14(17)2)24-25-21(26)28-13-19(27)23-16-10-9-15(3)18(22)12-16/h4-10,12H,1,11,13H2,2-3H3,(H,23,27). The van der Waals surface area contributed by atoms with E-state index in [0.29, 0.717) is 22.4 Å². The number of hydrogen-bond donors (Lipinski definition) is 1. The Balaban J connectivity index is 1.73. The fraction of sp³-hybridized carbons (Fsp3) is 0.190. The Morgan fingerprint density at radius 3 is 2.71 bits per heavy atom. The number of carbonyl (C=O) groups excluding carboxylic acids is 1. The van der Waals surface area contributed by atoms with Gasteiger partial charge in [0.25, 0.3) is 0 Å². The Morgan fingerprint density at radius 2 is 2.00 bits per heavy atom. The zero-order valence-corrected chi connectivity index (χ0v) is 17.3. The zero-order chi connectivity index (χ0) is 20.1. The first-order valence-corrected chi connectivity index (χ1v) is 10.1. The number of amides is 1. The summed E-state index contributed by atoms with van der Waals surface area (Å²) in [6, 6.07) is 13.5. The third-order valence-electron chi connectivity index (χ3n) is 4.20. The predicted octanol–water partition coefficient (Wildman–Crippen LogP) is 5.13. The van der Waals surface area contributed by atoms with Gasteiger partial charge < -0.3 is 5.32 Å². The number of aryl methyl sites for hydroxylation is 2. The van der Waals surface area contributed by atoms with Crippen molar-refractivity contribution in [3.05, 3.63) is 71.3 Å². The molecule has 0 saturated heterocycles. The van der Waals surface area contributed by atoms with Crippen LogP contribution in [0, 0.1) is 13.8 Å². The van der Waals surface area contributed by atoms with Gasteiger partial charge in [-0.05, 0) is 37.1 Å². The van der Waals surface area contributed by atoms with Crippen LogP contribution in [0.15, 0.2) is 60.3 Å². The maximum atomic E-state index is 12.3. The van der Waals surface area contributed by atoms with Crippen molar-refractivity contribution in [2.75, 3.05) is 11.1 Å². The Bertz CT molecular complexity index is 1020. The molecule has 28 heavy (non-hydrogen) atoms. The van der Waals surface area contributed by atoms with Crippen LogP contribution in [0.1, 0.15) is 11.1 Å². The summed E-state index contributed by atoms with van der Waals surface area (Å²) in [5.74, 6) is 0.857. The monoisotopic (exact) mass is 412 g/mol. The molecule has 0 atom stereocenters. The van der Waals surface area contributed by atoms with Gasteiger partial charge in [0.1, 0.15) is 0 Å². The largest absolute Gasteiger partial charge is 0.325 e. The van der Waals surface area contributed by atoms with Crippen molar-refractivity contribution in [1.29, 1.82) is 0 Å². The number of nitrogens with one attached hydrogen (secondary N) is 1. The molecule has 0 spiro atoms. The highest BCUT2D eigenvalue weighted by Crippen LogP contribution is 2.26. The van der Waals surface area contributed by atoms with Gasteiger partial charge in [-0.15, -0.1) is 16.8 Å². The third-order valence-corrected chi connectivity index (χ3v) is 5.58. The maximum Gasteiger partial charge on any atom is 0.234 e. The number of aromatic nitrogens is 3. The van der Waals surface area contributed by atoms with Gasteiger partial charge in [0.15, 0.2) is 11.0 Å². The molecular weight excluding hydrogens is 392 g/mol. The fourth-order valence-corrected chi connectivity index (χ4v) is 3.64. The van der Waals surface area contributed by atoms with Gasteiger partial charge in [0.2, 0.25) is 5.91 Å². The third kappa shape index (κ3) is 4.64. The van der Waals surface area contributed by atoms with Crippen LogP contribution in [0.2, 0.25) is 5.02 Å². The fourth-order valence-electron chi connectivity index (χ4n) is 2.71. The summed E-state index contributed by atoms with van der Waals surface area (Å²) in [6.45, 7) is 8.34. The zero-order valence-electron chi connectivity index (χ0n) is 15.8. The summed E-state index contributed by atoms with van der Waals surface area (Å²) >= 11 is 7.45. The van der Waals surface area contributed by atoms with Crippen LogP contribution in [-0.2, 0) is 11.3 Å². The number of nitrogens with zero attached hydrogens (tertiary/aromatic N) is 3. The van der Waals surface area contributed by atoms with E-state index in [4.69, 9.17) is 11.6 Å². The molecule has 0 bridgehead atoms. The number of allylic oxidation sites excluding steroid dienone is 1. The Hall–Kier alpha value is -2.57. The number of thioether (sulfide) groups is 1. The van der Waals surface area contributed by atoms with Gasteiger partial charge in [-0.3, -0.25) is 9.36 Å². The highest BCUT2D eigenvalue weighted by Gasteiger charge is 2.16. The molecule has 1 heterocycles. The maximum absolute atomic E-state index is 12.3. The average molecular weight is 413 g/mol. The van der Waals surface area contributed by atoms with Gasteiger partial charge >= 0.3 is 0 Å². The second kappa shape index (κ2) is 9.08. The average Bonchev–Trinajstić information content (AvgIpc) is 3.06. The molecule has 0 aliphatic heterocycles. The molecule has 2 aromatic carbocycles. The lowest BCUT2D eigenvalue weighted by Crippen LogP contribution is -2.14. The summed E-state index contributed by atoms with van der Waals surface area (Å²) in [6.07, 6.45) is 1.80. The number of halogens is 1. The smallest absolute Gasteiger partial charge is 0.234 e. The molecule has 0 fully saturated rings. The minimum atomic E-state index is -0.129. The van der Waals surface area contributed by atoms with Gasteiger partial charge in [0.05, 0.1) is 5.75 Å². The van der Waals surface area contributed by atoms with Crippen LogP contribution in [0.5, 0.6) is 0 Å². The first kappa shape index (κ1) is 20.2. The highest BCUT2D eigenvalue weighted by molar-refractivity contribution is 7.99. The van der Waals surface area contributed by atoms with Crippen LogP contribution in [-0.4, -0.2) is 26.4 Å². The van der Waals surface area contributed by atoms with Crippen molar-refractivity contribution in [2.45, 2.75) is 25.5 Å². The van der Waals surface area contributed by atoms with Crippen LogP contribution < -0.4 is 5.32 Å². The van der Waals surface area contributed by atoms with Gasteiger partial charge in [0, 0.05) is 22.8 Å². The molecule has 144 valence electrons. The number of rotatable bonds is 7. The van der Waals surface area contributed by atoms with Gasteiger partial charge in [-0.2, -0.15) is 0 Å². The van der Waals surface area contributed by atoms with Crippen molar-refractivity contribution in [3.8, 4) is 11.4 Å². The quantitative estimate of drug-likeness (QED) is 0.431. The van der Waals surface area contributed by atoms with E-state index >= 15 is 0 Å². The first-order chi connectivity index (χ1) is 13.5. The van der Waals surface area contributed by atoms with E-state index in [2.05, 4.69) is 22.1 Å². The highest BCUT2D eigenvalue weighted by atomic mass is 35.5. The van der Waals surface area contributed by atoms with E-state index in [1.165, 1.54) is 11.8 Å². The minimum absolute atomic E-state index is 0.129. The molecule has 7 heteroatoms. The van der Waals surface area contributed by atoms with Crippen molar-refractivity contribution in [2.24, 2.45) is 0 Å². The van der Waals surface area contributed by atoms with E-state index in [1.807, 2.05) is 54.8 Å².